The van der Waals surface area contributed by atoms with Crippen molar-refractivity contribution in [2.24, 2.45) is 5.73 Å². The molecule has 0 saturated heterocycles. The minimum atomic E-state index is -1.00. The molecule has 1 saturated carbocycles. The van der Waals surface area contributed by atoms with E-state index in [2.05, 4.69) is 0 Å². The molecule has 0 bridgehead atoms. The molecule has 0 aromatic heterocycles. The number of ether oxygens (including phenoxy) is 1. The first-order chi connectivity index (χ1) is 9.44. The second-order valence-corrected chi connectivity index (χ2v) is 6.28. The predicted octanol–water partition coefficient (Wildman–Crippen LogP) is 2.87. The molecule has 1 aromatic rings. The van der Waals surface area contributed by atoms with Crippen LogP contribution in [0.3, 0.4) is 0 Å². The van der Waals surface area contributed by atoms with Crippen LogP contribution < -0.4 is 5.73 Å². The van der Waals surface area contributed by atoms with E-state index in [0.717, 1.165) is 12.1 Å². The molecule has 1 aromatic carbocycles. The molecule has 20 heavy (non-hydrogen) atoms. The third-order valence-corrected chi connectivity index (χ3v) is 4.68. The zero-order chi connectivity index (χ0) is 14.8. The van der Waals surface area contributed by atoms with Crippen molar-refractivity contribution in [3.05, 3.63) is 29.8 Å². The number of hydrogen-bond acceptors (Lipinski definition) is 4. The van der Waals surface area contributed by atoms with Gasteiger partial charge in [0.1, 0.15) is 17.2 Å². The van der Waals surface area contributed by atoms with Crippen LogP contribution in [-0.4, -0.2) is 23.4 Å². The molecule has 0 spiro atoms. The summed E-state index contributed by atoms with van der Waals surface area (Å²) in [5.74, 6) is -1.35. The normalized spacial score (nSPS) is 25.7. The average Bonchev–Trinajstić information content (AvgIpc) is 2.77. The number of esters is 1. The first kappa shape index (κ1) is 15.3. The Bertz CT molecular complexity index is 512. The molecule has 6 heteroatoms. The van der Waals surface area contributed by atoms with Crippen molar-refractivity contribution in [2.75, 3.05) is 6.61 Å². The van der Waals surface area contributed by atoms with E-state index in [4.69, 9.17) is 10.5 Å². The molecule has 0 radical (unpaired) electrons. The van der Waals surface area contributed by atoms with E-state index in [1.165, 1.54) is 17.8 Å². The van der Waals surface area contributed by atoms with Gasteiger partial charge in [-0.25, -0.2) is 8.78 Å². The van der Waals surface area contributed by atoms with Crippen LogP contribution in [0.5, 0.6) is 0 Å². The molecule has 0 heterocycles. The van der Waals surface area contributed by atoms with Crippen molar-refractivity contribution in [3.63, 3.8) is 0 Å². The van der Waals surface area contributed by atoms with Crippen LogP contribution >= 0.6 is 11.8 Å². The number of thioether (sulfide) groups is 1. The SMILES string of the molecule is CCOC(=O)C1(N)CCC(Sc2cc(F)ccc2F)C1. The van der Waals surface area contributed by atoms with Gasteiger partial charge in [0, 0.05) is 10.1 Å². The zero-order valence-corrected chi connectivity index (χ0v) is 12.0. The van der Waals surface area contributed by atoms with Gasteiger partial charge in [-0.05, 0) is 44.4 Å². The summed E-state index contributed by atoms with van der Waals surface area (Å²) in [4.78, 5) is 12.0. The molecular weight excluding hydrogens is 284 g/mol. The first-order valence-corrected chi connectivity index (χ1v) is 7.40. The highest BCUT2D eigenvalue weighted by Crippen LogP contribution is 2.40. The van der Waals surface area contributed by atoms with Crippen LogP contribution in [0.4, 0.5) is 8.78 Å². The van der Waals surface area contributed by atoms with Crippen molar-refractivity contribution in [1.29, 1.82) is 0 Å². The van der Waals surface area contributed by atoms with Gasteiger partial charge in [0.25, 0.3) is 0 Å². The summed E-state index contributed by atoms with van der Waals surface area (Å²) in [6.45, 7) is 2.01. The zero-order valence-electron chi connectivity index (χ0n) is 11.2. The molecule has 1 aliphatic carbocycles. The van der Waals surface area contributed by atoms with Crippen molar-refractivity contribution in [1.82, 2.24) is 0 Å². The number of carbonyl (C=O) groups excluding carboxylic acids is 1. The molecule has 2 N–H and O–H groups in total. The Hall–Kier alpha value is -1.14. The molecule has 1 fully saturated rings. The van der Waals surface area contributed by atoms with Gasteiger partial charge in [-0.2, -0.15) is 0 Å². The van der Waals surface area contributed by atoms with Crippen LogP contribution in [0.15, 0.2) is 23.1 Å². The third kappa shape index (κ3) is 3.30. The summed E-state index contributed by atoms with van der Waals surface area (Å²) in [6.07, 6.45) is 1.59. The Morgan fingerprint density at radius 2 is 2.30 bits per heavy atom. The van der Waals surface area contributed by atoms with Crippen molar-refractivity contribution >= 4 is 17.7 Å². The van der Waals surface area contributed by atoms with Crippen LogP contribution in [-0.2, 0) is 9.53 Å². The number of halogens is 2. The fourth-order valence-electron chi connectivity index (χ4n) is 2.34. The highest BCUT2D eigenvalue weighted by molar-refractivity contribution is 8.00. The van der Waals surface area contributed by atoms with E-state index >= 15 is 0 Å². The highest BCUT2D eigenvalue weighted by atomic mass is 32.2. The van der Waals surface area contributed by atoms with E-state index in [1.807, 2.05) is 0 Å². The standard InChI is InChI=1S/C14H17F2NO2S/c1-2-19-13(18)14(17)6-5-10(8-14)20-12-7-9(15)3-4-11(12)16/h3-4,7,10H,2,5-6,8,17H2,1H3. The van der Waals surface area contributed by atoms with E-state index < -0.39 is 23.1 Å². The Morgan fingerprint density at radius 1 is 1.55 bits per heavy atom. The fraction of sp³-hybridized carbons (Fsp3) is 0.500. The second-order valence-electron chi connectivity index (χ2n) is 4.93. The van der Waals surface area contributed by atoms with Crippen molar-refractivity contribution in [2.45, 2.75) is 41.9 Å². The number of benzene rings is 1. The molecular formula is C14H17F2NO2S. The van der Waals surface area contributed by atoms with Gasteiger partial charge < -0.3 is 10.5 Å². The Labute approximate surface area is 120 Å². The van der Waals surface area contributed by atoms with E-state index in [-0.39, 0.29) is 16.8 Å². The summed E-state index contributed by atoms with van der Waals surface area (Å²) in [6, 6.07) is 3.36. The van der Waals surface area contributed by atoms with Gasteiger partial charge >= 0.3 is 5.97 Å². The quantitative estimate of drug-likeness (QED) is 0.869. The maximum Gasteiger partial charge on any atom is 0.326 e. The van der Waals surface area contributed by atoms with E-state index in [9.17, 15) is 13.6 Å². The number of carbonyl (C=O) groups is 1. The van der Waals surface area contributed by atoms with E-state index in [1.54, 1.807) is 6.92 Å². The molecule has 110 valence electrons. The summed E-state index contributed by atoms with van der Waals surface area (Å²) in [7, 11) is 0. The average molecular weight is 301 g/mol. The van der Waals surface area contributed by atoms with Crippen molar-refractivity contribution < 1.29 is 18.3 Å². The van der Waals surface area contributed by atoms with Gasteiger partial charge in [0.05, 0.1) is 6.61 Å². The molecule has 2 rings (SSSR count). The topological polar surface area (TPSA) is 52.3 Å². The lowest BCUT2D eigenvalue weighted by Gasteiger charge is -2.21. The van der Waals surface area contributed by atoms with Gasteiger partial charge in [-0.3, -0.25) is 4.79 Å². The smallest absolute Gasteiger partial charge is 0.326 e. The first-order valence-electron chi connectivity index (χ1n) is 6.52. The molecule has 0 aliphatic heterocycles. The molecule has 2 atom stereocenters. The molecule has 2 unspecified atom stereocenters. The third-order valence-electron chi connectivity index (χ3n) is 3.37. The van der Waals surface area contributed by atoms with Crippen LogP contribution in [0, 0.1) is 11.6 Å². The van der Waals surface area contributed by atoms with Crippen LogP contribution in [0.25, 0.3) is 0 Å². The molecule has 3 nitrogen and oxygen atoms in total. The monoisotopic (exact) mass is 301 g/mol. The lowest BCUT2D eigenvalue weighted by Crippen LogP contribution is -2.47. The maximum atomic E-state index is 13.6. The Kier molecular flexibility index (Phi) is 4.65. The van der Waals surface area contributed by atoms with Crippen molar-refractivity contribution in [3.8, 4) is 0 Å². The number of rotatable bonds is 4. The van der Waals surface area contributed by atoms with Crippen LogP contribution in [0.2, 0.25) is 0 Å². The Balaban J connectivity index is 2.03. The Morgan fingerprint density at radius 3 is 3.00 bits per heavy atom. The minimum absolute atomic E-state index is 0.0132. The van der Waals surface area contributed by atoms with Gasteiger partial charge in [0.15, 0.2) is 0 Å². The maximum absolute atomic E-state index is 13.6. The minimum Gasteiger partial charge on any atom is -0.465 e. The fourth-order valence-corrected chi connectivity index (χ4v) is 3.67. The lowest BCUT2D eigenvalue weighted by atomic mass is 10.00. The van der Waals surface area contributed by atoms with Gasteiger partial charge in [-0.15, -0.1) is 11.8 Å². The van der Waals surface area contributed by atoms with Crippen LogP contribution in [0.1, 0.15) is 26.2 Å². The number of hydrogen-bond donors (Lipinski definition) is 1. The van der Waals surface area contributed by atoms with E-state index in [0.29, 0.717) is 19.3 Å². The summed E-state index contributed by atoms with van der Waals surface area (Å²) >= 11 is 1.23. The highest BCUT2D eigenvalue weighted by Gasteiger charge is 2.43. The second kappa shape index (κ2) is 6.10. The molecule has 1 aliphatic rings. The molecule has 0 amide bonds. The number of nitrogens with two attached hydrogens (primary N) is 1. The van der Waals surface area contributed by atoms with Gasteiger partial charge in [-0.1, -0.05) is 0 Å². The van der Waals surface area contributed by atoms with Gasteiger partial charge in [0.2, 0.25) is 0 Å². The predicted molar refractivity (Wildman–Crippen MR) is 73.4 cm³/mol. The summed E-state index contributed by atoms with van der Waals surface area (Å²) in [5.41, 5.74) is 5.04. The lowest BCUT2D eigenvalue weighted by molar-refractivity contribution is -0.149. The summed E-state index contributed by atoms with van der Waals surface area (Å²) < 4.78 is 31.7. The summed E-state index contributed by atoms with van der Waals surface area (Å²) in [5, 5.41) is -0.0132. The largest absolute Gasteiger partial charge is 0.465 e.